The second-order valence-corrected chi connectivity index (χ2v) is 9.67. The summed E-state index contributed by atoms with van der Waals surface area (Å²) in [6.45, 7) is 6.30. The maximum atomic E-state index is 13.7. The highest BCUT2D eigenvalue weighted by Gasteiger charge is 2.40. The van der Waals surface area contributed by atoms with E-state index in [1.807, 2.05) is 29.2 Å². The number of aliphatic hydroxyl groups excluding tert-OH is 1. The summed E-state index contributed by atoms with van der Waals surface area (Å²) in [7, 11) is 0. The SMILES string of the molecule is CC(NC(=O)c1sc(C(O)CN2CCCC2)nc1C(F)(F)F)c1cccc(N2CCOCC2)c1. The van der Waals surface area contributed by atoms with Gasteiger partial charge in [-0.1, -0.05) is 12.1 Å². The molecular formula is C23H29F3N4O3S. The van der Waals surface area contributed by atoms with Crippen molar-refractivity contribution in [3.8, 4) is 0 Å². The Morgan fingerprint density at radius 3 is 2.62 bits per heavy atom. The Kier molecular flexibility index (Phi) is 7.76. The average Bonchev–Trinajstić information content (AvgIpc) is 3.50. The molecule has 2 N–H and O–H groups in total. The molecule has 0 aliphatic carbocycles. The van der Waals surface area contributed by atoms with Crippen molar-refractivity contribution in [2.24, 2.45) is 0 Å². The van der Waals surface area contributed by atoms with Crippen LogP contribution >= 0.6 is 11.3 Å². The Labute approximate surface area is 200 Å². The quantitative estimate of drug-likeness (QED) is 0.607. The van der Waals surface area contributed by atoms with E-state index in [0.29, 0.717) is 24.6 Å². The van der Waals surface area contributed by atoms with Gasteiger partial charge in [0.15, 0.2) is 5.69 Å². The predicted molar refractivity (Wildman–Crippen MR) is 123 cm³/mol. The van der Waals surface area contributed by atoms with E-state index in [-0.39, 0.29) is 11.6 Å². The van der Waals surface area contributed by atoms with Gasteiger partial charge in [-0.05, 0) is 50.6 Å². The molecular weight excluding hydrogens is 469 g/mol. The zero-order valence-electron chi connectivity index (χ0n) is 19.0. The monoisotopic (exact) mass is 498 g/mol. The number of thiazole rings is 1. The van der Waals surface area contributed by atoms with Gasteiger partial charge < -0.3 is 25.0 Å². The second-order valence-electron chi connectivity index (χ2n) is 8.64. The Hall–Kier alpha value is -2.21. The summed E-state index contributed by atoms with van der Waals surface area (Å²) in [4.78, 5) is 20.2. The number of likely N-dealkylation sites (tertiary alicyclic amines) is 1. The summed E-state index contributed by atoms with van der Waals surface area (Å²) in [6.07, 6.45) is -3.98. The van der Waals surface area contributed by atoms with E-state index in [1.165, 1.54) is 0 Å². The third kappa shape index (κ3) is 5.88. The molecule has 1 aromatic carbocycles. The van der Waals surface area contributed by atoms with Crippen LogP contribution in [0.3, 0.4) is 0 Å². The molecule has 186 valence electrons. The lowest BCUT2D eigenvalue weighted by atomic mass is 10.1. The number of carbonyl (C=O) groups is 1. The first-order valence-electron chi connectivity index (χ1n) is 11.4. The average molecular weight is 499 g/mol. The van der Waals surface area contributed by atoms with Gasteiger partial charge in [-0.15, -0.1) is 11.3 Å². The van der Waals surface area contributed by atoms with Gasteiger partial charge in [0.25, 0.3) is 5.91 Å². The number of aromatic nitrogens is 1. The maximum Gasteiger partial charge on any atom is 0.435 e. The number of anilines is 1. The molecule has 34 heavy (non-hydrogen) atoms. The summed E-state index contributed by atoms with van der Waals surface area (Å²) < 4.78 is 46.4. The number of aliphatic hydroxyl groups is 1. The van der Waals surface area contributed by atoms with Crippen LogP contribution in [-0.4, -0.2) is 66.8 Å². The summed E-state index contributed by atoms with van der Waals surface area (Å²) >= 11 is 0.607. The minimum Gasteiger partial charge on any atom is -0.385 e. The van der Waals surface area contributed by atoms with Gasteiger partial charge in [0.1, 0.15) is 16.0 Å². The molecule has 1 aromatic heterocycles. The number of β-amino-alcohol motifs (C(OH)–C–C–N with tert-alkyl or cyclic N) is 1. The molecule has 0 spiro atoms. The largest absolute Gasteiger partial charge is 0.435 e. The molecule has 3 heterocycles. The van der Waals surface area contributed by atoms with E-state index in [1.54, 1.807) is 6.92 Å². The van der Waals surface area contributed by atoms with Gasteiger partial charge in [0.05, 0.1) is 19.3 Å². The van der Waals surface area contributed by atoms with Crippen molar-refractivity contribution in [2.45, 2.75) is 38.1 Å². The Bertz CT molecular complexity index is 988. The number of carbonyl (C=O) groups excluding carboxylic acids is 1. The number of morpholine rings is 1. The third-order valence-corrected chi connectivity index (χ3v) is 7.28. The first-order chi connectivity index (χ1) is 16.2. The first-order valence-corrected chi connectivity index (χ1v) is 12.3. The molecule has 2 aliphatic rings. The topological polar surface area (TPSA) is 77.9 Å². The minimum absolute atomic E-state index is 0.0913. The fourth-order valence-corrected chi connectivity index (χ4v) is 5.24. The molecule has 2 aliphatic heterocycles. The normalized spacial score (nSPS) is 19.3. The van der Waals surface area contributed by atoms with E-state index in [9.17, 15) is 23.1 Å². The van der Waals surface area contributed by atoms with Crippen LogP contribution in [0.25, 0.3) is 0 Å². The smallest absolute Gasteiger partial charge is 0.385 e. The summed E-state index contributed by atoms with van der Waals surface area (Å²) in [5.74, 6) is -0.853. The fraction of sp³-hybridized carbons (Fsp3) is 0.565. The van der Waals surface area contributed by atoms with Crippen molar-refractivity contribution >= 4 is 22.9 Å². The lowest BCUT2D eigenvalue weighted by Crippen LogP contribution is -2.36. The number of amides is 1. The van der Waals surface area contributed by atoms with Gasteiger partial charge in [0, 0.05) is 25.3 Å². The van der Waals surface area contributed by atoms with Gasteiger partial charge in [-0.3, -0.25) is 4.79 Å². The fourth-order valence-electron chi connectivity index (χ4n) is 4.27. The van der Waals surface area contributed by atoms with Crippen molar-refractivity contribution < 1.29 is 27.8 Å². The second kappa shape index (κ2) is 10.6. The van der Waals surface area contributed by atoms with Crippen molar-refractivity contribution in [3.05, 3.63) is 45.4 Å². The van der Waals surface area contributed by atoms with Crippen molar-refractivity contribution in [3.63, 3.8) is 0 Å². The van der Waals surface area contributed by atoms with Gasteiger partial charge in [-0.2, -0.15) is 13.2 Å². The number of alkyl halides is 3. The summed E-state index contributed by atoms with van der Waals surface area (Å²) in [5.41, 5.74) is 0.507. The lowest BCUT2D eigenvalue weighted by Gasteiger charge is -2.29. The van der Waals surface area contributed by atoms with Crippen molar-refractivity contribution in [1.29, 1.82) is 0 Å². The van der Waals surface area contributed by atoms with Crippen LogP contribution in [0.15, 0.2) is 24.3 Å². The standard InChI is InChI=1S/C23H29F3N4O3S/c1-15(16-5-4-6-17(13-16)30-9-11-33-12-10-30)27-21(32)19-20(23(24,25)26)28-22(34-19)18(31)14-29-7-2-3-8-29/h4-6,13,15,18,31H,2-3,7-12,14H2,1H3,(H,27,32). The number of nitrogens with zero attached hydrogens (tertiary/aromatic N) is 3. The zero-order valence-corrected chi connectivity index (χ0v) is 19.8. The number of benzene rings is 1. The third-order valence-electron chi connectivity index (χ3n) is 6.13. The zero-order chi connectivity index (χ0) is 24.3. The Morgan fingerprint density at radius 1 is 1.24 bits per heavy atom. The summed E-state index contributed by atoms with van der Waals surface area (Å²) in [5, 5.41) is 13.1. The number of ether oxygens (including phenoxy) is 1. The van der Waals surface area contributed by atoms with Gasteiger partial charge in [-0.25, -0.2) is 4.98 Å². The number of hydrogen-bond acceptors (Lipinski definition) is 7. The highest BCUT2D eigenvalue weighted by Crippen LogP contribution is 2.36. The van der Waals surface area contributed by atoms with E-state index >= 15 is 0 Å². The van der Waals surface area contributed by atoms with Gasteiger partial charge in [0.2, 0.25) is 0 Å². The minimum atomic E-state index is -4.80. The number of rotatable bonds is 7. The molecule has 2 unspecified atom stereocenters. The molecule has 1 amide bonds. The molecule has 2 fully saturated rings. The predicted octanol–water partition coefficient (Wildman–Crippen LogP) is 3.62. The summed E-state index contributed by atoms with van der Waals surface area (Å²) in [6, 6.07) is 7.07. The lowest BCUT2D eigenvalue weighted by molar-refractivity contribution is -0.141. The van der Waals surface area contributed by atoms with Gasteiger partial charge >= 0.3 is 6.18 Å². The van der Waals surface area contributed by atoms with Crippen LogP contribution < -0.4 is 10.2 Å². The highest BCUT2D eigenvalue weighted by molar-refractivity contribution is 7.13. The molecule has 7 nitrogen and oxygen atoms in total. The Morgan fingerprint density at radius 2 is 1.94 bits per heavy atom. The molecule has 4 rings (SSSR count). The molecule has 2 saturated heterocycles. The van der Waals surface area contributed by atoms with E-state index in [4.69, 9.17) is 4.74 Å². The van der Waals surface area contributed by atoms with Crippen LogP contribution in [0.5, 0.6) is 0 Å². The van der Waals surface area contributed by atoms with E-state index < -0.39 is 34.8 Å². The van der Waals surface area contributed by atoms with Crippen molar-refractivity contribution in [1.82, 2.24) is 15.2 Å². The number of hydrogen-bond donors (Lipinski definition) is 2. The Balaban J connectivity index is 1.49. The van der Waals surface area contributed by atoms with Crippen LogP contribution in [0.1, 0.15) is 57.8 Å². The molecule has 0 saturated carbocycles. The molecule has 11 heteroatoms. The molecule has 0 radical (unpaired) electrons. The molecule has 2 atom stereocenters. The van der Waals surface area contributed by atoms with Crippen LogP contribution in [-0.2, 0) is 10.9 Å². The molecule has 2 aromatic rings. The van der Waals surface area contributed by atoms with E-state index in [0.717, 1.165) is 50.3 Å². The van der Waals surface area contributed by atoms with Crippen molar-refractivity contribution in [2.75, 3.05) is 50.8 Å². The van der Waals surface area contributed by atoms with Crippen LogP contribution in [0.4, 0.5) is 18.9 Å². The van der Waals surface area contributed by atoms with E-state index in [2.05, 4.69) is 15.2 Å². The maximum absolute atomic E-state index is 13.7. The highest BCUT2D eigenvalue weighted by atomic mass is 32.1. The number of halogens is 3. The first kappa shape index (κ1) is 24.9. The van der Waals surface area contributed by atoms with Crippen LogP contribution in [0.2, 0.25) is 0 Å². The number of nitrogens with one attached hydrogen (secondary N) is 1. The van der Waals surface area contributed by atoms with Crippen LogP contribution in [0, 0.1) is 0 Å². The molecule has 0 bridgehead atoms.